The molecule has 1 fully saturated rings. The zero-order chi connectivity index (χ0) is 18.7. The fraction of sp³-hybridized carbons (Fsp3) is 0.478. The van der Waals surface area contributed by atoms with Crippen LogP contribution in [-0.4, -0.2) is 6.61 Å². The Morgan fingerprint density at radius 3 is 2.50 bits per heavy atom. The molecule has 2 aromatic rings. The van der Waals surface area contributed by atoms with Gasteiger partial charge in [0.15, 0.2) is 0 Å². The first-order valence-corrected chi connectivity index (χ1v) is 9.59. The van der Waals surface area contributed by atoms with E-state index in [0.29, 0.717) is 12.5 Å². The summed E-state index contributed by atoms with van der Waals surface area (Å²) in [7, 11) is 0. The molecule has 0 aromatic heterocycles. The number of nitrogens with one attached hydrogen (secondary N) is 1. The highest BCUT2D eigenvalue weighted by atomic mass is 19.1. The van der Waals surface area contributed by atoms with Crippen molar-refractivity contribution >= 4 is 5.69 Å². The third-order valence-corrected chi connectivity index (χ3v) is 5.24. The summed E-state index contributed by atoms with van der Waals surface area (Å²) < 4.78 is 19.3. The highest BCUT2D eigenvalue weighted by Gasteiger charge is 2.27. The molecule has 140 valence electrons. The van der Waals surface area contributed by atoms with E-state index in [1.165, 1.54) is 29.7 Å². The highest BCUT2D eigenvalue weighted by Crippen LogP contribution is 2.39. The quantitative estimate of drug-likeness (QED) is 0.702. The first kappa shape index (κ1) is 18.9. The molecule has 3 heteroatoms. The van der Waals surface area contributed by atoms with Crippen molar-refractivity contribution in [2.75, 3.05) is 11.9 Å². The van der Waals surface area contributed by atoms with Crippen molar-refractivity contribution in [3.05, 3.63) is 65.0 Å². The maximum absolute atomic E-state index is 13.1. The number of halogens is 1. The predicted octanol–water partition coefficient (Wildman–Crippen LogP) is 6.22. The molecule has 0 amide bonds. The van der Waals surface area contributed by atoms with Crippen LogP contribution in [0.1, 0.15) is 63.3 Å². The summed E-state index contributed by atoms with van der Waals surface area (Å²) in [5.74, 6) is 0.304. The van der Waals surface area contributed by atoms with E-state index in [-0.39, 0.29) is 17.3 Å². The van der Waals surface area contributed by atoms with Gasteiger partial charge in [-0.3, -0.25) is 0 Å². The maximum Gasteiger partial charge on any atom is 0.123 e. The van der Waals surface area contributed by atoms with Crippen LogP contribution in [0.5, 0.6) is 0 Å². The molecule has 0 spiro atoms. The molecule has 2 aromatic carbocycles. The van der Waals surface area contributed by atoms with Gasteiger partial charge in [-0.05, 0) is 53.5 Å². The van der Waals surface area contributed by atoms with Gasteiger partial charge in [0.2, 0.25) is 0 Å². The smallest absolute Gasteiger partial charge is 0.123 e. The van der Waals surface area contributed by atoms with E-state index in [0.717, 1.165) is 24.3 Å². The summed E-state index contributed by atoms with van der Waals surface area (Å²) in [4.78, 5) is 0. The second kappa shape index (κ2) is 7.79. The van der Waals surface area contributed by atoms with Gasteiger partial charge in [0.1, 0.15) is 5.82 Å². The Kier molecular flexibility index (Phi) is 5.67. The normalized spacial score (nSPS) is 20.8. The zero-order valence-electron chi connectivity index (χ0n) is 16.3. The summed E-state index contributed by atoms with van der Waals surface area (Å²) in [5.41, 5.74) is 4.84. The van der Waals surface area contributed by atoms with Gasteiger partial charge in [-0.1, -0.05) is 52.0 Å². The van der Waals surface area contributed by atoms with Crippen LogP contribution in [0, 0.1) is 11.7 Å². The molecule has 0 bridgehead atoms. The molecule has 26 heavy (non-hydrogen) atoms. The average molecular weight is 355 g/mol. The van der Waals surface area contributed by atoms with Crippen LogP contribution in [0.4, 0.5) is 10.1 Å². The molecule has 0 unspecified atom stereocenters. The molecule has 1 saturated heterocycles. The number of anilines is 1. The third kappa shape index (κ3) is 4.45. The lowest BCUT2D eigenvalue weighted by Gasteiger charge is -2.32. The third-order valence-electron chi connectivity index (χ3n) is 5.24. The minimum absolute atomic E-state index is 0.0993. The second-order valence-electron chi connectivity index (χ2n) is 8.44. The number of rotatable bonds is 4. The average Bonchev–Trinajstić information content (AvgIpc) is 2.61. The topological polar surface area (TPSA) is 21.3 Å². The van der Waals surface area contributed by atoms with Gasteiger partial charge < -0.3 is 10.1 Å². The van der Waals surface area contributed by atoms with Crippen molar-refractivity contribution in [2.45, 2.75) is 58.6 Å². The molecular formula is C23H30FNO. The summed E-state index contributed by atoms with van der Waals surface area (Å²) in [6, 6.07) is 13.3. The molecule has 2 nitrogen and oxygen atoms in total. The number of hydrogen-bond acceptors (Lipinski definition) is 2. The summed E-state index contributed by atoms with van der Waals surface area (Å²) in [6.45, 7) is 10.5. The first-order valence-electron chi connectivity index (χ1n) is 9.59. The van der Waals surface area contributed by atoms with Crippen LogP contribution in [0.25, 0.3) is 0 Å². The van der Waals surface area contributed by atoms with Gasteiger partial charge >= 0.3 is 0 Å². The molecular weight excluding hydrogens is 325 g/mol. The minimum Gasteiger partial charge on any atom is -0.381 e. The predicted molar refractivity (Wildman–Crippen MR) is 106 cm³/mol. The number of hydrogen-bond donors (Lipinski definition) is 1. The Labute approximate surface area is 156 Å². The van der Waals surface area contributed by atoms with Crippen LogP contribution < -0.4 is 5.32 Å². The molecule has 0 radical (unpaired) electrons. The maximum atomic E-state index is 13.1. The minimum atomic E-state index is -0.201. The molecule has 2 atom stereocenters. The van der Waals surface area contributed by atoms with Crippen LogP contribution in [0.2, 0.25) is 0 Å². The van der Waals surface area contributed by atoms with E-state index >= 15 is 0 Å². The van der Waals surface area contributed by atoms with Crippen molar-refractivity contribution in [3.63, 3.8) is 0 Å². The zero-order valence-corrected chi connectivity index (χ0v) is 16.3. The van der Waals surface area contributed by atoms with Crippen LogP contribution >= 0.6 is 0 Å². The second-order valence-corrected chi connectivity index (χ2v) is 8.44. The molecule has 1 N–H and O–H groups in total. The van der Waals surface area contributed by atoms with Crippen LogP contribution in [0.15, 0.2) is 42.5 Å². The highest BCUT2D eigenvalue weighted by molar-refractivity contribution is 5.55. The molecule has 0 saturated carbocycles. The summed E-state index contributed by atoms with van der Waals surface area (Å²) in [5, 5.41) is 3.54. The molecule has 1 heterocycles. The fourth-order valence-electron chi connectivity index (χ4n) is 3.55. The van der Waals surface area contributed by atoms with Crippen molar-refractivity contribution in [1.29, 1.82) is 0 Å². The number of benzene rings is 2. The van der Waals surface area contributed by atoms with Gasteiger partial charge in [0.25, 0.3) is 0 Å². The van der Waals surface area contributed by atoms with Crippen molar-refractivity contribution in [2.24, 2.45) is 5.92 Å². The van der Waals surface area contributed by atoms with E-state index in [2.05, 4.69) is 51.2 Å². The van der Waals surface area contributed by atoms with Gasteiger partial charge in [0.05, 0.1) is 6.10 Å². The lowest BCUT2D eigenvalue weighted by molar-refractivity contribution is -0.0216. The Hall–Kier alpha value is -1.87. The van der Waals surface area contributed by atoms with Crippen molar-refractivity contribution in [3.8, 4) is 0 Å². The summed E-state index contributed by atoms with van der Waals surface area (Å²) >= 11 is 0. The Morgan fingerprint density at radius 1 is 1.12 bits per heavy atom. The van der Waals surface area contributed by atoms with Gasteiger partial charge in [-0.15, -0.1) is 0 Å². The summed E-state index contributed by atoms with van der Waals surface area (Å²) in [6.07, 6.45) is 2.46. The van der Waals surface area contributed by atoms with E-state index in [9.17, 15) is 4.39 Å². The van der Waals surface area contributed by atoms with E-state index < -0.39 is 0 Å². The molecule has 0 aliphatic carbocycles. The van der Waals surface area contributed by atoms with Gasteiger partial charge in [-0.2, -0.15) is 0 Å². The van der Waals surface area contributed by atoms with Gasteiger partial charge in [0, 0.05) is 24.4 Å². The number of ether oxygens (including phenoxy) is 1. The lowest BCUT2D eigenvalue weighted by atomic mass is 9.83. The van der Waals surface area contributed by atoms with Gasteiger partial charge in [-0.25, -0.2) is 4.39 Å². The largest absolute Gasteiger partial charge is 0.381 e. The van der Waals surface area contributed by atoms with E-state index in [1.807, 2.05) is 12.1 Å². The van der Waals surface area contributed by atoms with E-state index in [1.54, 1.807) is 0 Å². The Morgan fingerprint density at radius 2 is 1.85 bits per heavy atom. The monoisotopic (exact) mass is 355 g/mol. The van der Waals surface area contributed by atoms with Crippen molar-refractivity contribution in [1.82, 2.24) is 0 Å². The SMILES string of the molecule is C[C@H]1CCCO[C@H]1c1cc(C(C)(C)C)ccc1NCc1ccc(F)cc1. The van der Waals surface area contributed by atoms with Crippen molar-refractivity contribution < 1.29 is 9.13 Å². The molecule has 3 rings (SSSR count). The Bertz CT molecular complexity index is 733. The van der Waals surface area contributed by atoms with Crippen LogP contribution in [0.3, 0.4) is 0 Å². The Balaban J connectivity index is 1.88. The first-order chi connectivity index (χ1) is 12.3. The van der Waals surface area contributed by atoms with E-state index in [4.69, 9.17) is 4.74 Å². The molecule has 1 aliphatic heterocycles. The fourth-order valence-corrected chi connectivity index (χ4v) is 3.55. The van der Waals surface area contributed by atoms with Crippen LogP contribution in [-0.2, 0) is 16.7 Å². The standard InChI is InChI=1S/C23H30FNO/c1-16-6-5-13-26-22(16)20-14-18(23(2,3)4)9-12-21(20)25-15-17-7-10-19(24)11-8-17/h7-12,14,16,22,25H,5-6,13,15H2,1-4H3/t16-,22+/m0/s1. The lowest BCUT2D eigenvalue weighted by Crippen LogP contribution is -2.22. The molecule has 1 aliphatic rings.